The Morgan fingerprint density at radius 1 is 1.23 bits per heavy atom. The maximum atomic E-state index is 12.2. The number of aromatic amines is 2. The van der Waals surface area contributed by atoms with Crippen molar-refractivity contribution in [2.45, 2.75) is 13.8 Å². The number of H-pyrrole nitrogens is 2. The number of hydrogen-bond donors (Lipinski definition) is 3. The molecule has 26 heavy (non-hydrogen) atoms. The van der Waals surface area contributed by atoms with Gasteiger partial charge in [0.15, 0.2) is 11.6 Å². The molecule has 3 N–H and O–H groups in total. The predicted molar refractivity (Wildman–Crippen MR) is 99.0 cm³/mol. The molecule has 0 spiro atoms. The Balaban J connectivity index is 1.46. The minimum atomic E-state index is -0.0826. The summed E-state index contributed by atoms with van der Waals surface area (Å²) in [5, 5.41) is 9.93. The Hall–Kier alpha value is -2.71. The molecule has 1 aliphatic heterocycles. The number of ether oxygens (including phenoxy) is 1. The van der Waals surface area contributed by atoms with E-state index in [4.69, 9.17) is 4.74 Å². The Morgan fingerprint density at radius 2 is 2.00 bits per heavy atom. The van der Waals surface area contributed by atoms with Crippen molar-refractivity contribution in [3.63, 3.8) is 0 Å². The molecule has 0 saturated carbocycles. The Morgan fingerprint density at radius 3 is 2.81 bits per heavy atom. The molecule has 1 aliphatic rings. The van der Waals surface area contributed by atoms with Crippen LogP contribution >= 0.6 is 0 Å². The van der Waals surface area contributed by atoms with Crippen molar-refractivity contribution in [2.24, 2.45) is 0 Å². The van der Waals surface area contributed by atoms with E-state index in [0.29, 0.717) is 31.4 Å². The van der Waals surface area contributed by atoms with E-state index in [1.165, 1.54) is 11.1 Å². The summed E-state index contributed by atoms with van der Waals surface area (Å²) in [6.45, 7) is 7.38. The smallest absolute Gasteiger partial charge is 0.239 e. The van der Waals surface area contributed by atoms with Gasteiger partial charge in [-0.25, -0.2) is 4.98 Å². The van der Waals surface area contributed by atoms with Crippen LogP contribution in [0.25, 0.3) is 22.6 Å². The largest absolute Gasteiger partial charge is 0.379 e. The lowest BCUT2D eigenvalue weighted by atomic mass is 10.1. The summed E-state index contributed by atoms with van der Waals surface area (Å²) < 4.78 is 5.29. The van der Waals surface area contributed by atoms with E-state index in [0.717, 1.165) is 29.8 Å². The maximum Gasteiger partial charge on any atom is 0.239 e. The SMILES string of the molecule is Cc1cc2nc(-c3cc(NC(=O)CN4CCOCC4)n[nH]3)[nH]c2cc1C. The molecule has 3 heterocycles. The van der Waals surface area contributed by atoms with E-state index in [9.17, 15) is 4.79 Å². The fourth-order valence-corrected chi connectivity index (χ4v) is 3.05. The zero-order chi connectivity index (χ0) is 18.1. The number of nitrogens with zero attached hydrogens (tertiary/aromatic N) is 3. The number of carbonyl (C=O) groups is 1. The number of aryl methyl sites for hydroxylation is 2. The van der Waals surface area contributed by atoms with Crippen LogP contribution in [0.5, 0.6) is 0 Å². The van der Waals surface area contributed by atoms with Gasteiger partial charge < -0.3 is 15.0 Å². The number of carbonyl (C=O) groups excluding carboxylic acids is 1. The van der Waals surface area contributed by atoms with Gasteiger partial charge in [0.1, 0.15) is 5.69 Å². The lowest BCUT2D eigenvalue weighted by Crippen LogP contribution is -2.41. The van der Waals surface area contributed by atoms with Crippen molar-refractivity contribution < 1.29 is 9.53 Å². The molecule has 0 atom stereocenters. The number of rotatable bonds is 4. The molecule has 0 bridgehead atoms. The average Bonchev–Trinajstić information content (AvgIpc) is 3.23. The molecule has 8 heteroatoms. The molecule has 0 unspecified atom stereocenters. The van der Waals surface area contributed by atoms with E-state index < -0.39 is 0 Å². The molecular formula is C18H22N6O2. The molecule has 1 amide bonds. The van der Waals surface area contributed by atoms with Gasteiger partial charge >= 0.3 is 0 Å². The standard InChI is InChI=1S/C18H22N6O2/c1-11-7-13-14(8-12(11)2)20-18(19-13)15-9-16(23-22-15)21-17(25)10-24-3-5-26-6-4-24/h7-9H,3-6,10H2,1-2H3,(H,19,20)(H2,21,22,23,25). The first-order valence-corrected chi connectivity index (χ1v) is 8.71. The Bertz CT molecular complexity index is 899. The molecule has 0 radical (unpaired) electrons. The Kier molecular flexibility index (Phi) is 4.44. The highest BCUT2D eigenvalue weighted by Crippen LogP contribution is 2.23. The van der Waals surface area contributed by atoms with E-state index in [1.54, 1.807) is 6.07 Å². The summed E-state index contributed by atoms with van der Waals surface area (Å²) in [5.74, 6) is 1.11. The highest BCUT2D eigenvalue weighted by Gasteiger charge is 2.16. The van der Waals surface area contributed by atoms with Crippen LogP contribution in [0.15, 0.2) is 18.2 Å². The number of morpholine rings is 1. The average molecular weight is 354 g/mol. The minimum Gasteiger partial charge on any atom is -0.379 e. The molecule has 0 aliphatic carbocycles. The third-order valence-electron chi connectivity index (χ3n) is 4.67. The van der Waals surface area contributed by atoms with Crippen molar-refractivity contribution in [1.82, 2.24) is 25.1 Å². The number of hydrogen-bond acceptors (Lipinski definition) is 5. The molecular weight excluding hydrogens is 332 g/mol. The number of amides is 1. The van der Waals surface area contributed by atoms with Crippen molar-refractivity contribution in [3.8, 4) is 11.5 Å². The summed E-state index contributed by atoms with van der Waals surface area (Å²) in [6.07, 6.45) is 0. The van der Waals surface area contributed by atoms with Crippen LogP contribution in [0.2, 0.25) is 0 Å². The van der Waals surface area contributed by atoms with Crippen molar-refractivity contribution in [1.29, 1.82) is 0 Å². The first kappa shape index (κ1) is 16.7. The molecule has 4 rings (SSSR count). The van der Waals surface area contributed by atoms with E-state index in [2.05, 4.69) is 56.4 Å². The quantitative estimate of drug-likeness (QED) is 0.664. The lowest BCUT2D eigenvalue weighted by Gasteiger charge is -2.25. The maximum absolute atomic E-state index is 12.2. The highest BCUT2D eigenvalue weighted by molar-refractivity contribution is 5.92. The fraction of sp³-hybridized carbons (Fsp3) is 0.389. The third kappa shape index (κ3) is 3.47. The van der Waals surface area contributed by atoms with Crippen LogP contribution in [-0.2, 0) is 9.53 Å². The molecule has 1 fully saturated rings. The van der Waals surface area contributed by atoms with Gasteiger partial charge in [-0.15, -0.1) is 0 Å². The fourth-order valence-electron chi connectivity index (χ4n) is 3.05. The molecule has 8 nitrogen and oxygen atoms in total. The normalized spacial score (nSPS) is 15.5. The van der Waals surface area contributed by atoms with Crippen LogP contribution in [0, 0.1) is 13.8 Å². The molecule has 1 saturated heterocycles. The van der Waals surface area contributed by atoms with Crippen molar-refractivity contribution >= 4 is 22.8 Å². The van der Waals surface area contributed by atoms with E-state index >= 15 is 0 Å². The molecule has 2 aromatic heterocycles. The highest BCUT2D eigenvalue weighted by atomic mass is 16.5. The first-order valence-electron chi connectivity index (χ1n) is 8.71. The zero-order valence-electron chi connectivity index (χ0n) is 14.9. The van der Waals surface area contributed by atoms with Gasteiger partial charge in [0, 0.05) is 19.2 Å². The number of nitrogens with one attached hydrogen (secondary N) is 3. The summed E-state index contributed by atoms with van der Waals surface area (Å²) in [5.41, 5.74) is 5.05. The topological polar surface area (TPSA) is 98.9 Å². The monoisotopic (exact) mass is 354 g/mol. The van der Waals surface area contributed by atoms with Gasteiger partial charge in [0.25, 0.3) is 0 Å². The van der Waals surface area contributed by atoms with E-state index in [-0.39, 0.29) is 5.91 Å². The molecule has 136 valence electrons. The second-order valence-electron chi connectivity index (χ2n) is 6.64. The first-order chi connectivity index (χ1) is 12.6. The summed E-state index contributed by atoms with van der Waals surface area (Å²) in [4.78, 5) is 22.1. The Labute approximate surface area is 150 Å². The summed E-state index contributed by atoms with van der Waals surface area (Å²) in [7, 11) is 0. The lowest BCUT2D eigenvalue weighted by molar-refractivity contribution is -0.118. The minimum absolute atomic E-state index is 0.0826. The number of imidazole rings is 1. The molecule has 1 aromatic carbocycles. The van der Waals surface area contributed by atoms with Gasteiger partial charge in [0.05, 0.1) is 30.8 Å². The van der Waals surface area contributed by atoms with Crippen molar-refractivity contribution in [2.75, 3.05) is 38.2 Å². The van der Waals surface area contributed by atoms with Crippen LogP contribution in [-0.4, -0.2) is 63.8 Å². The number of benzene rings is 1. The second-order valence-corrected chi connectivity index (χ2v) is 6.64. The van der Waals surface area contributed by atoms with Gasteiger partial charge in [-0.3, -0.25) is 14.8 Å². The zero-order valence-corrected chi connectivity index (χ0v) is 14.9. The predicted octanol–water partition coefficient (Wildman–Crippen LogP) is 1.84. The summed E-state index contributed by atoms with van der Waals surface area (Å²) >= 11 is 0. The van der Waals surface area contributed by atoms with Crippen LogP contribution < -0.4 is 5.32 Å². The van der Waals surface area contributed by atoms with Gasteiger partial charge in [-0.1, -0.05) is 0 Å². The third-order valence-corrected chi connectivity index (χ3v) is 4.67. The van der Waals surface area contributed by atoms with Crippen LogP contribution in [0.3, 0.4) is 0 Å². The van der Waals surface area contributed by atoms with Gasteiger partial charge in [0.2, 0.25) is 5.91 Å². The molecule has 3 aromatic rings. The van der Waals surface area contributed by atoms with Crippen LogP contribution in [0.4, 0.5) is 5.82 Å². The summed E-state index contributed by atoms with van der Waals surface area (Å²) in [6, 6.07) is 5.93. The number of aromatic nitrogens is 4. The van der Waals surface area contributed by atoms with Gasteiger partial charge in [-0.05, 0) is 37.1 Å². The van der Waals surface area contributed by atoms with Crippen LogP contribution in [0.1, 0.15) is 11.1 Å². The second kappa shape index (κ2) is 6.89. The van der Waals surface area contributed by atoms with E-state index in [1.807, 2.05) is 0 Å². The number of fused-ring (bicyclic) bond motifs is 1. The van der Waals surface area contributed by atoms with Gasteiger partial charge in [-0.2, -0.15) is 5.10 Å². The van der Waals surface area contributed by atoms with Crippen molar-refractivity contribution in [3.05, 3.63) is 29.3 Å². The number of anilines is 1.